The van der Waals surface area contributed by atoms with Gasteiger partial charge in [0.25, 0.3) is 0 Å². The van der Waals surface area contributed by atoms with Crippen LogP contribution in [0.1, 0.15) is 127 Å². The summed E-state index contributed by atoms with van der Waals surface area (Å²) < 4.78 is 5.34. The van der Waals surface area contributed by atoms with Crippen molar-refractivity contribution in [3.8, 4) is 5.75 Å². The Balaban J connectivity index is 0. The number of esters is 1. The van der Waals surface area contributed by atoms with Gasteiger partial charge in [-0.1, -0.05) is 109 Å². The van der Waals surface area contributed by atoms with Gasteiger partial charge in [-0.05, 0) is 64.3 Å². The van der Waals surface area contributed by atoms with Crippen molar-refractivity contribution in [3.63, 3.8) is 0 Å². The molecule has 0 heterocycles. The third-order valence-electron chi connectivity index (χ3n) is 4.31. The van der Waals surface area contributed by atoms with Crippen molar-refractivity contribution in [2.45, 2.75) is 128 Å². The van der Waals surface area contributed by atoms with E-state index in [9.17, 15) is 9.90 Å². The van der Waals surface area contributed by atoms with Gasteiger partial charge in [0, 0.05) is 12.0 Å². The van der Waals surface area contributed by atoms with Crippen molar-refractivity contribution < 1.29 is 19.7 Å². The Kier molecular flexibility index (Phi) is 14.6. The highest BCUT2D eigenvalue weighted by molar-refractivity contribution is 5.88. The summed E-state index contributed by atoms with van der Waals surface area (Å²) in [5.41, 5.74) is 3.88. The molecule has 0 unspecified atom stereocenters. The van der Waals surface area contributed by atoms with Crippen LogP contribution in [0.15, 0.2) is 35.6 Å². The van der Waals surface area contributed by atoms with Crippen LogP contribution in [-0.2, 0) is 26.8 Å². The van der Waals surface area contributed by atoms with Crippen LogP contribution in [0.25, 0.3) is 0 Å². The van der Waals surface area contributed by atoms with Crippen LogP contribution in [0.4, 0.5) is 0 Å². The number of aliphatic hydroxyl groups is 1. The summed E-state index contributed by atoms with van der Waals surface area (Å²) in [5.74, 6) is 0.0784. The first kappa shape index (κ1) is 36.9. The highest BCUT2D eigenvalue weighted by atomic mass is 16.5. The molecule has 0 amide bonds. The molecule has 0 aliphatic carbocycles. The van der Waals surface area contributed by atoms with Crippen molar-refractivity contribution in [1.29, 1.82) is 0 Å². The lowest BCUT2D eigenvalue weighted by Gasteiger charge is -2.28. The second-order valence-electron chi connectivity index (χ2n) is 15.1. The summed E-state index contributed by atoms with van der Waals surface area (Å²) in [6.07, 6.45) is 3.57. The van der Waals surface area contributed by atoms with Gasteiger partial charge < -0.3 is 14.9 Å². The number of carbonyl (C=O) groups is 1. The minimum absolute atomic E-state index is 0.135. The lowest BCUT2D eigenvalue weighted by atomic mass is 9.78. The Morgan fingerprint density at radius 3 is 1.41 bits per heavy atom. The molecule has 214 valence electrons. The summed E-state index contributed by atoms with van der Waals surface area (Å²) in [6.45, 7) is 33.4. The van der Waals surface area contributed by atoms with Gasteiger partial charge >= 0.3 is 5.97 Å². The van der Waals surface area contributed by atoms with E-state index in [1.165, 1.54) is 12.2 Å². The summed E-state index contributed by atoms with van der Waals surface area (Å²) >= 11 is 0. The molecular weight excluding hydrogens is 460 g/mol. The molecule has 0 spiro atoms. The van der Waals surface area contributed by atoms with E-state index < -0.39 is 5.97 Å². The maximum absolute atomic E-state index is 12.0. The monoisotopic (exact) mass is 518 g/mol. The SMILES string of the molecule is C/C(O)=C\C=C(/C)C(=O)OCCc1cc(C(C)(C)C)c(O)c(C(C)(C)C)c1.CC(C)(C)C.CC(C)(C)C. The van der Waals surface area contributed by atoms with E-state index in [1.54, 1.807) is 13.8 Å². The molecule has 0 radical (unpaired) electrons. The van der Waals surface area contributed by atoms with Gasteiger partial charge in [-0.3, -0.25) is 0 Å². The third-order valence-corrected chi connectivity index (χ3v) is 4.31. The van der Waals surface area contributed by atoms with E-state index >= 15 is 0 Å². The molecule has 0 aliphatic rings. The number of benzene rings is 1. The number of allylic oxidation sites excluding steroid dienone is 3. The molecule has 0 atom stereocenters. The number of hydrogen-bond acceptors (Lipinski definition) is 4. The predicted octanol–water partition coefficient (Wildman–Crippen LogP) is 9.59. The Morgan fingerprint density at radius 1 is 0.757 bits per heavy atom. The van der Waals surface area contributed by atoms with E-state index in [0.29, 0.717) is 28.6 Å². The first-order chi connectivity index (χ1) is 16.2. The largest absolute Gasteiger partial charge is 0.513 e. The molecule has 0 aromatic heterocycles. The molecule has 2 N–H and O–H groups in total. The van der Waals surface area contributed by atoms with Gasteiger partial charge in [0.05, 0.1) is 12.4 Å². The third kappa shape index (κ3) is 20.5. The van der Waals surface area contributed by atoms with Crippen LogP contribution in [0.2, 0.25) is 0 Å². The molecule has 4 heteroatoms. The molecule has 1 rings (SSSR count). The van der Waals surface area contributed by atoms with Crippen LogP contribution in [0, 0.1) is 10.8 Å². The highest BCUT2D eigenvalue weighted by Gasteiger charge is 2.26. The minimum atomic E-state index is -0.404. The van der Waals surface area contributed by atoms with Crippen LogP contribution in [0.5, 0.6) is 5.75 Å². The summed E-state index contributed by atoms with van der Waals surface area (Å²) in [6, 6.07) is 4.00. The minimum Gasteiger partial charge on any atom is -0.513 e. The number of aliphatic hydroxyl groups excluding tert-OH is 1. The number of phenols is 1. The number of ether oxygens (including phenoxy) is 1. The average Bonchev–Trinajstić information content (AvgIpc) is 2.62. The fourth-order valence-electron chi connectivity index (χ4n) is 2.67. The van der Waals surface area contributed by atoms with E-state index in [1.807, 2.05) is 12.1 Å². The molecule has 1 aromatic rings. The van der Waals surface area contributed by atoms with Crippen LogP contribution >= 0.6 is 0 Å². The summed E-state index contributed by atoms with van der Waals surface area (Å²) in [7, 11) is 0. The second kappa shape index (κ2) is 14.6. The highest BCUT2D eigenvalue weighted by Crippen LogP contribution is 2.39. The molecule has 0 saturated heterocycles. The zero-order valence-corrected chi connectivity index (χ0v) is 26.9. The standard InChI is InChI=1S/C23H34O4.2C5H12/c1-15(9-10-16(2)24)21(26)27-12-11-17-13-18(22(3,4)5)20(25)19(14-17)23(6,7)8;2*1-5(2,3)4/h9-10,13-14,24-25H,11-12H2,1-8H3;2*1-4H3/b15-9+,16-10+;;. The van der Waals surface area contributed by atoms with Gasteiger partial charge in [-0.25, -0.2) is 4.79 Å². The van der Waals surface area contributed by atoms with Crippen LogP contribution in [0.3, 0.4) is 0 Å². The van der Waals surface area contributed by atoms with Crippen molar-refractivity contribution in [1.82, 2.24) is 0 Å². The van der Waals surface area contributed by atoms with Crippen LogP contribution < -0.4 is 0 Å². The molecule has 0 aliphatic heterocycles. The lowest BCUT2D eigenvalue weighted by Crippen LogP contribution is -2.18. The Morgan fingerprint density at radius 2 is 1.11 bits per heavy atom. The van der Waals surface area contributed by atoms with E-state index in [-0.39, 0.29) is 23.2 Å². The van der Waals surface area contributed by atoms with E-state index in [4.69, 9.17) is 9.84 Å². The normalized spacial score (nSPS) is 13.2. The number of rotatable bonds is 5. The van der Waals surface area contributed by atoms with Gasteiger partial charge in [-0.15, -0.1) is 0 Å². The predicted molar refractivity (Wildman–Crippen MR) is 161 cm³/mol. The van der Waals surface area contributed by atoms with E-state index in [2.05, 4.69) is 96.9 Å². The molecule has 37 heavy (non-hydrogen) atoms. The Hall–Kier alpha value is -2.23. The maximum atomic E-state index is 12.0. The summed E-state index contributed by atoms with van der Waals surface area (Å²) in [4.78, 5) is 12.0. The zero-order chi connectivity index (χ0) is 30.0. The number of phenolic OH excluding ortho intramolecular Hbond substituents is 1. The lowest BCUT2D eigenvalue weighted by molar-refractivity contribution is -0.138. The molecular formula is C33H58O4. The first-order valence-corrected chi connectivity index (χ1v) is 13.3. The second-order valence-corrected chi connectivity index (χ2v) is 15.1. The van der Waals surface area contributed by atoms with Crippen molar-refractivity contribution in [2.75, 3.05) is 6.61 Å². The molecule has 1 aromatic carbocycles. The topological polar surface area (TPSA) is 66.8 Å². The Labute approximate surface area is 229 Å². The van der Waals surface area contributed by atoms with Crippen molar-refractivity contribution in [3.05, 3.63) is 52.3 Å². The fraction of sp³-hybridized carbons (Fsp3) is 0.667. The van der Waals surface area contributed by atoms with Gasteiger partial charge in [0.2, 0.25) is 0 Å². The molecule has 4 nitrogen and oxygen atoms in total. The Bertz CT molecular complexity index is 843. The molecule has 0 bridgehead atoms. The number of hydrogen-bond donors (Lipinski definition) is 2. The summed E-state index contributed by atoms with van der Waals surface area (Å²) in [5, 5.41) is 19.9. The number of aromatic hydroxyl groups is 1. The van der Waals surface area contributed by atoms with Gasteiger partial charge in [-0.2, -0.15) is 0 Å². The smallest absolute Gasteiger partial charge is 0.333 e. The first-order valence-electron chi connectivity index (χ1n) is 13.3. The quantitative estimate of drug-likeness (QED) is 0.176. The van der Waals surface area contributed by atoms with Gasteiger partial charge in [0.1, 0.15) is 5.75 Å². The molecule has 0 saturated carbocycles. The van der Waals surface area contributed by atoms with Crippen molar-refractivity contribution >= 4 is 5.97 Å². The molecule has 0 fully saturated rings. The van der Waals surface area contributed by atoms with Gasteiger partial charge in [0.15, 0.2) is 0 Å². The number of carbonyl (C=O) groups excluding carboxylic acids is 1. The zero-order valence-electron chi connectivity index (χ0n) is 26.9. The van der Waals surface area contributed by atoms with Crippen molar-refractivity contribution in [2.24, 2.45) is 10.8 Å². The fourth-order valence-corrected chi connectivity index (χ4v) is 2.67. The maximum Gasteiger partial charge on any atom is 0.333 e. The van der Waals surface area contributed by atoms with E-state index in [0.717, 1.165) is 16.7 Å². The van der Waals surface area contributed by atoms with Crippen LogP contribution in [-0.4, -0.2) is 22.8 Å². The average molecular weight is 519 g/mol.